The molecule has 1 amide bonds. The highest BCUT2D eigenvalue weighted by atomic mass is 16.5. The van der Waals surface area contributed by atoms with Crippen LogP contribution in [0, 0.1) is 5.92 Å². The first-order valence-electron chi connectivity index (χ1n) is 10.3. The molecule has 1 saturated carbocycles. The Morgan fingerprint density at radius 2 is 2.18 bits per heavy atom. The average Bonchev–Trinajstić information content (AvgIpc) is 3.13. The van der Waals surface area contributed by atoms with Crippen molar-refractivity contribution in [3.05, 3.63) is 30.5 Å². The van der Waals surface area contributed by atoms with E-state index in [2.05, 4.69) is 4.57 Å². The van der Waals surface area contributed by atoms with E-state index in [1.165, 1.54) is 0 Å². The van der Waals surface area contributed by atoms with Crippen molar-refractivity contribution in [2.24, 2.45) is 5.92 Å². The Morgan fingerprint density at radius 1 is 1.29 bits per heavy atom. The van der Waals surface area contributed by atoms with Crippen LogP contribution in [0.1, 0.15) is 32.1 Å². The predicted molar refractivity (Wildman–Crippen MR) is 107 cm³/mol. The molecule has 1 saturated heterocycles. The summed E-state index contributed by atoms with van der Waals surface area (Å²) in [5.74, 6) is 0.939. The summed E-state index contributed by atoms with van der Waals surface area (Å²) in [7, 11) is 1.70. The van der Waals surface area contributed by atoms with Crippen LogP contribution in [0.15, 0.2) is 30.5 Å². The van der Waals surface area contributed by atoms with Crippen LogP contribution in [0.4, 0.5) is 0 Å². The molecular weight excluding hydrogens is 356 g/mol. The van der Waals surface area contributed by atoms with Crippen molar-refractivity contribution in [1.82, 2.24) is 9.47 Å². The third-order valence-corrected chi connectivity index (χ3v) is 6.44. The number of piperidine rings is 1. The van der Waals surface area contributed by atoms with Crippen LogP contribution in [-0.2, 0) is 16.1 Å². The third kappa shape index (κ3) is 3.76. The highest BCUT2D eigenvalue weighted by Gasteiger charge is 2.43. The summed E-state index contributed by atoms with van der Waals surface area (Å²) in [4.78, 5) is 14.6. The SMILES string of the molecule is COCCn1ccc2c(OCC(=O)N3CC[C@@]4(O)CCCC[C@H]4C3)cccc21. The van der Waals surface area contributed by atoms with Gasteiger partial charge in [-0.3, -0.25) is 4.79 Å². The molecule has 28 heavy (non-hydrogen) atoms. The standard InChI is InChI=1S/C22H30N2O4/c1-27-14-13-23-11-8-18-19(23)6-4-7-20(18)28-16-21(25)24-12-10-22(26)9-3-2-5-17(22)15-24/h4,6-8,11,17,26H,2-3,5,9-10,12-16H2,1H3/t17-,22-/m0/s1. The van der Waals surface area contributed by atoms with Crippen LogP contribution < -0.4 is 4.74 Å². The van der Waals surface area contributed by atoms with Crippen LogP contribution in [0.2, 0.25) is 0 Å². The summed E-state index contributed by atoms with van der Waals surface area (Å²) >= 11 is 0. The molecule has 2 aromatic rings. The number of ether oxygens (including phenoxy) is 2. The number of amides is 1. The Bertz CT molecular complexity index is 833. The molecule has 1 aromatic carbocycles. The fourth-order valence-electron chi connectivity index (χ4n) is 4.73. The number of aromatic nitrogens is 1. The first-order valence-corrected chi connectivity index (χ1v) is 10.3. The fraction of sp³-hybridized carbons (Fsp3) is 0.591. The zero-order chi connectivity index (χ0) is 19.6. The molecule has 0 spiro atoms. The van der Waals surface area contributed by atoms with Crippen molar-refractivity contribution in [1.29, 1.82) is 0 Å². The number of fused-ring (bicyclic) bond motifs is 2. The van der Waals surface area contributed by atoms with Crippen molar-refractivity contribution >= 4 is 16.8 Å². The van der Waals surface area contributed by atoms with E-state index >= 15 is 0 Å². The van der Waals surface area contributed by atoms with Gasteiger partial charge in [-0.25, -0.2) is 0 Å². The van der Waals surface area contributed by atoms with Crippen molar-refractivity contribution in [2.45, 2.75) is 44.2 Å². The van der Waals surface area contributed by atoms with Gasteiger partial charge < -0.3 is 24.0 Å². The molecule has 1 N–H and O–H groups in total. The predicted octanol–water partition coefficient (Wildman–Crippen LogP) is 2.82. The number of aliphatic hydroxyl groups is 1. The number of hydrogen-bond acceptors (Lipinski definition) is 4. The van der Waals surface area contributed by atoms with E-state index in [9.17, 15) is 9.90 Å². The molecule has 2 aliphatic rings. The van der Waals surface area contributed by atoms with Gasteiger partial charge in [0.15, 0.2) is 6.61 Å². The highest BCUT2D eigenvalue weighted by Crippen LogP contribution is 2.39. The molecular formula is C22H30N2O4. The molecule has 2 heterocycles. The summed E-state index contributed by atoms with van der Waals surface area (Å²) in [6, 6.07) is 7.93. The maximum atomic E-state index is 12.7. The molecule has 2 atom stereocenters. The Hall–Kier alpha value is -2.05. The number of carbonyl (C=O) groups excluding carboxylic acids is 1. The molecule has 1 aliphatic heterocycles. The van der Waals surface area contributed by atoms with Gasteiger partial charge in [-0.15, -0.1) is 0 Å². The summed E-state index contributed by atoms with van der Waals surface area (Å²) in [6.07, 6.45) is 6.83. The van der Waals surface area contributed by atoms with Crippen LogP contribution >= 0.6 is 0 Å². The van der Waals surface area contributed by atoms with Gasteiger partial charge in [0.05, 0.1) is 17.7 Å². The summed E-state index contributed by atoms with van der Waals surface area (Å²) < 4.78 is 13.2. The topological polar surface area (TPSA) is 63.9 Å². The second kappa shape index (κ2) is 8.13. The van der Waals surface area contributed by atoms with Gasteiger partial charge in [0.2, 0.25) is 0 Å². The number of carbonyl (C=O) groups is 1. The second-order valence-electron chi connectivity index (χ2n) is 8.12. The van der Waals surface area contributed by atoms with Crippen molar-refractivity contribution in [3.63, 3.8) is 0 Å². The molecule has 0 unspecified atom stereocenters. The fourth-order valence-corrected chi connectivity index (χ4v) is 4.73. The number of rotatable bonds is 6. The minimum Gasteiger partial charge on any atom is -0.483 e. The molecule has 1 aliphatic carbocycles. The minimum atomic E-state index is -0.563. The zero-order valence-corrected chi connectivity index (χ0v) is 16.6. The third-order valence-electron chi connectivity index (χ3n) is 6.44. The Balaban J connectivity index is 1.39. The molecule has 152 valence electrons. The first-order chi connectivity index (χ1) is 13.6. The monoisotopic (exact) mass is 386 g/mol. The number of hydrogen-bond donors (Lipinski definition) is 1. The molecule has 0 bridgehead atoms. The van der Waals surface area contributed by atoms with E-state index in [0.717, 1.165) is 48.9 Å². The van der Waals surface area contributed by atoms with Gasteiger partial charge in [0.1, 0.15) is 5.75 Å². The van der Waals surface area contributed by atoms with E-state index in [1.54, 1.807) is 7.11 Å². The average molecular weight is 386 g/mol. The maximum Gasteiger partial charge on any atom is 0.260 e. The van der Waals surface area contributed by atoms with E-state index in [-0.39, 0.29) is 18.4 Å². The molecule has 2 fully saturated rings. The van der Waals surface area contributed by atoms with E-state index in [4.69, 9.17) is 9.47 Å². The van der Waals surface area contributed by atoms with Crippen LogP contribution in [0.3, 0.4) is 0 Å². The van der Waals surface area contributed by atoms with Crippen molar-refractivity contribution < 1.29 is 19.4 Å². The zero-order valence-electron chi connectivity index (χ0n) is 16.6. The summed E-state index contributed by atoms with van der Waals surface area (Å²) in [5.41, 5.74) is 0.513. The van der Waals surface area contributed by atoms with E-state index in [1.807, 2.05) is 35.4 Å². The summed E-state index contributed by atoms with van der Waals surface area (Å²) in [6.45, 7) is 2.73. The van der Waals surface area contributed by atoms with Gasteiger partial charge in [0.25, 0.3) is 5.91 Å². The largest absolute Gasteiger partial charge is 0.483 e. The van der Waals surface area contributed by atoms with Crippen molar-refractivity contribution in [3.8, 4) is 5.75 Å². The van der Waals surface area contributed by atoms with Gasteiger partial charge in [0, 0.05) is 44.2 Å². The molecule has 6 nitrogen and oxygen atoms in total. The number of nitrogens with zero attached hydrogens (tertiary/aromatic N) is 2. The lowest BCUT2D eigenvalue weighted by Crippen LogP contribution is -2.55. The lowest BCUT2D eigenvalue weighted by Gasteiger charge is -2.47. The van der Waals surface area contributed by atoms with E-state index in [0.29, 0.717) is 26.1 Å². The lowest BCUT2D eigenvalue weighted by atomic mass is 9.71. The normalized spacial score (nSPS) is 24.9. The Kier molecular flexibility index (Phi) is 5.60. The number of methoxy groups -OCH3 is 1. The van der Waals surface area contributed by atoms with Crippen LogP contribution in [0.5, 0.6) is 5.75 Å². The second-order valence-corrected chi connectivity index (χ2v) is 8.12. The molecule has 6 heteroatoms. The lowest BCUT2D eigenvalue weighted by molar-refractivity contribution is -0.145. The molecule has 4 rings (SSSR count). The highest BCUT2D eigenvalue weighted by molar-refractivity contribution is 5.87. The van der Waals surface area contributed by atoms with Crippen molar-refractivity contribution in [2.75, 3.05) is 33.4 Å². The van der Waals surface area contributed by atoms with Gasteiger partial charge in [-0.2, -0.15) is 0 Å². The molecule has 0 radical (unpaired) electrons. The van der Waals surface area contributed by atoms with E-state index < -0.39 is 5.60 Å². The number of likely N-dealkylation sites (tertiary alicyclic amines) is 1. The van der Waals surface area contributed by atoms with Gasteiger partial charge >= 0.3 is 0 Å². The smallest absolute Gasteiger partial charge is 0.260 e. The Morgan fingerprint density at radius 3 is 3.04 bits per heavy atom. The number of benzene rings is 1. The Labute approximate surface area is 166 Å². The minimum absolute atomic E-state index is 0.00319. The summed E-state index contributed by atoms with van der Waals surface area (Å²) in [5, 5.41) is 11.8. The quantitative estimate of drug-likeness (QED) is 0.829. The van der Waals surface area contributed by atoms with Gasteiger partial charge in [-0.1, -0.05) is 18.9 Å². The van der Waals surface area contributed by atoms with Gasteiger partial charge in [-0.05, 0) is 37.5 Å². The van der Waals surface area contributed by atoms with Crippen LogP contribution in [0.25, 0.3) is 10.9 Å². The van der Waals surface area contributed by atoms with Crippen LogP contribution in [-0.4, -0.2) is 59.5 Å². The molecule has 1 aromatic heterocycles. The first kappa shape index (κ1) is 19.3. The maximum absolute atomic E-state index is 12.7.